The second kappa shape index (κ2) is 6.37. The first-order chi connectivity index (χ1) is 9.63. The molecule has 0 spiro atoms. The van der Waals surface area contributed by atoms with E-state index in [2.05, 4.69) is 0 Å². The number of carbonyl (C=O) groups excluding carboxylic acids is 1. The molecule has 1 saturated heterocycles. The number of aliphatic hydroxyl groups is 1. The summed E-state index contributed by atoms with van der Waals surface area (Å²) < 4.78 is 10.3. The van der Waals surface area contributed by atoms with Crippen LogP contribution in [0.1, 0.15) is 5.56 Å². The Morgan fingerprint density at radius 1 is 1.50 bits per heavy atom. The van der Waals surface area contributed by atoms with Crippen LogP contribution in [0.2, 0.25) is 0 Å². The van der Waals surface area contributed by atoms with Gasteiger partial charge in [0.15, 0.2) is 5.60 Å². The van der Waals surface area contributed by atoms with E-state index in [1.807, 2.05) is 30.3 Å². The Labute approximate surface area is 117 Å². The molecular weight excluding hydrogens is 260 g/mol. The van der Waals surface area contributed by atoms with Gasteiger partial charge in [0.1, 0.15) is 12.7 Å². The summed E-state index contributed by atoms with van der Waals surface area (Å²) in [6.07, 6.45) is -0.562. The van der Waals surface area contributed by atoms with Crippen LogP contribution in [-0.4, -0.2) is 48.0 Å². The zero-order chi connectivity index (χ0) is 14.4. The number of benzene rings is 1. The van der Waals surface area contributed by atoms with Gasteiger partial charge in [0, 0.05) is 6.54 Å². The minimum absolute atomic E-state index is 0.105. The zero-order valence-corrected chi connectivity index (χ0v) is 11.0. The summed E-state index contributed by atoms with van der Waals surface area (Å²) in [6, 6.07) is 11.1. The Kier molecular flexibility index (Phi) is 4.56. The number of nitrogens with zero attached hydrogens (tertiary/aromatic N) is 2. The van der Waals surface area contributed by atoms with Gasteiger partial charge in [0.05, 0.1) is 19.8 Å². The number of hydrogen-bond acceptors (Lipinski definition) is 5. The number of amides is 1. The number of rotatable bonds is 2. The molecule has 6 nitrogen and oxygen atoms in total. The molecule has 0 aliphatic carbocycles. The summed E-state index contributed by atoms with van der Waals surface area (Å²) in [5.74, 6) is 0. The summed E-state index contributed by atoms with van der Waals surface area (Å²) in [6.45, 7) is 0.493. The molecule has 1 heterocycles. The van der Waals surface area contributed by atoms with Gasteiger partial charge in [-0.05, 0) is 5.56 Å². The van der Waals surface area contributed by atoms with Crippen LogP contribution < -0.4 is 0 Å². The maximum absolute atomic E-state index is 12.0. The van der Waals surface area contributed by atoms with E-state index in [1.165, 1.54) is 4.90 Å². The van der Waals surface area contributed by atoms with E-state index in [1.54, 1.807) is 6.07 Å². The maximum atomic E-state index is 12.0. The van der Waals surface area contributed by atoms with Crippen molar-refractivity contribution < 1.29 is 19.4 Å². The predicted octanol–water partition coefficient (Wildman–Crippen LogP) is 0.910. The fraction of sp³-hybridized carbons (Fsp3) is 0.429. The molecule has 0 radical (unpaired) electrons. The van der Waals surface area contributed by atoms with Crippen molar-refractivity contribution >= 4 is 6.09 Å². The highest BCUT2D eigenvalue weighted by molar-refractivity contribution is 5.68. The van der Waals surface area contributed by atoms with Gasteiger partial charge in [-0.1, -0.05) is 30.3 Å². The lowest BCUT2D eigenvalue weighted by molar-refractivity contribution is 0.00492. The molecule has 1 aromatic rings. The Balaban J connectivity index is 1.93. The molecular formula is C14H16N2O4. The highest BCUT2D eigenvalue weighted by Gasteiger charge is 2.35. The van der Waals surface area contributed by atoms with Crippen molar-refractivity contribution in [1.82, 2.24) is 4.90 Å². The molecule has 1 amide bonds. The summed E-state index contributed by atoms with van der Waals surface area (Å²) >= 11 is 0. The van der Waals surface area contributed by atoms with Crippen molar-refractivity contribution in [2.24, 2.45) is 0 Å². The summed E-state index contributed by atoms with van der Waals surface area (Å²) in [5.41, 5.74) is -0.801. The first kappa shape index (κ1) is 14.3. The molecule has 106 valence electrons. The van der Waals surface area contributed by atoms with Gasteiger partial charge in [-0.3, -0.25) is 0 Å². The van der Waals surface area contributed by atoms with Gasteiger partial charge in [-0.2, -0.15) is 5.26 Å². The molecule has 1 aromatic carbocycles. The Hall–Kier alpha value is -2.10. The third-order valence-corrected chi connectivity index (χ3v) is 2.97. The van der Waals surface area contributed by atoms with Gasteiger partial charge in [-0.25, -0.2) is 4.79 Å². The third-order valence-electron chi connectivity index (χ3n) is 2.97. The summed E-state index contributed by atoms with van der Waals surface area (Å²) in [5, 5.41) is 18.9. The minimum Gasteiger partial charge on any atom is -0.445 e. The van der Waals surface area contributed by atoms with Crippen LogP contribution in [0, 0.1) is 11.3 Å². The molecule has 0 bridgehead atoms. The van der Waals surface area contributed by atoms with E-state index >= 15 is 0 Å². The topological polar surface area (TPSA) is 82.8 Å². The number of nitriles is 1. The number of β-amino-alcohol motifs (C(OH)–C–C–N with tert-alkyl or cyclic N) is 1. The van der Waals surface area contributed by atoms with Crippen molar-refractivity contribution in [1.29, 1.82) is 5.26 Å². The molecule has 2 rings (SSSR count). The monoisotopic (exact) mass is 276 g/mol. The molecule has 1 N–H and O–H groups in total. The SMILES string of the molecule is N#CC1(O)COCCN(C(=O)OCc2ccccc2)C1. The second-order valence-electron chi connectivity index (χ2n) is 4.66. The fourth-order valence-electron chi connectivity index (χ4n) is 1.89. The molecule has 1 fully saturated rings. The van der Waals surface area contributed by atoms with Crippen LogP contribution in [0.3, 0.4) is 0 Å². The van der Waals surface area contributed by atoms with Gasteiger partial charge in [-0.15, -0.1) is 0 Å². The Bertz CT molecular complexity index is 500. The fourth-order valence-corrected chi connectivity index (χ4v) is 1.89. The van der Waals surface area contributed by atoms with Crippen molar-refractivity contribution in [3.05, 3.63) is 35.9 Å². The van der Waals surface area contributed by atoms with Crippen LogP contribution in [0.25, 0.3) is 0 Å². The first-order valence-electron chi connectivity index (χ1n) is 6.30. The standard InChI is InChI=1S/C14H16N2O4/c15-9-14(18)10-16(6-7-19-11-14)13(17)20-8-12-4-2-1-3-5-12/h1-5,18H,6-8,10-11H2. The quantitative estimate of drug-likeness (QED) is 0.812. The van der Waals surface area contributed by atoms with E-state index in [9.17, 15) is 9.90 Å². The van der Waals surface area contributed by atoms with E-state index < -0.39 is 11.7 Å². The van der Waals surface area contributed by atoms with Gasteiger partial charge >= 0.3 is 6.09 Å². The van der Waals surface area contributed by atoms with Crippen molar-refractivity contribution in [3.63, 3.8) is 0 Å². The molecule has 1 aliphatic rings. The van der Waals surface area contributed by atoms with E-state index in [0.717, 1.165) is 5.56 Å². The largest absolute Gasteiger partial charge is 0.445 e. The highest BCUT2D eigenvalue weighted by Crippen LogP contribution is 2.13. The summed E-state index contributed by atoms with van der Waals surface area (Å²) in [4.78, 5) is 13.2. The smallest absolute Gasteiger partial charge is 0.410 e. The van der Waals surface area contributed by atoms with Crippen molar-refractivity contribution in [3.8, 4) is 6.07 Å². The molecule has 1 unspecified atom stereocenters. The molecule has 1 aliphatic heterocycles. The number of carbonyl (C=O) groups is 1. The van der Waals surface area contributed by atoms with Crippen LogP contribution in [0.5, 0.6) is 0 Å². The van der Waals surface area contributed by atoms with Gasteiger partial charge < -0.3 is 19.5 Å². The molecule has 20 heavy (non-hydrogen) atoms. The Morgan fingerprint density at radius 2 is 2.25 bits per heavy atom. The lowest BCUT2D eigenvalue weighted by Crippen LogP contribution is -2.45. The number of ether oxygens (including phenoxy) is 2. The van der Waals surface area contributed by atoms with E-state index in [4.69, 9.17) is 14.7 Å². The summed E-state index contributed by atoms with van der Waals surface area (Å²) in [7, 11) is 0. The van der Waals surface area contributed by atoms with Gasteiger partial charge in [0.2, 0.25) is 0 Å². The molecule has 6 heteroatoms. The molecule has 0 aromatic heterocycles. The maximum Gasteiger partial charge on any atom is 0.410 e. The zero-order valence-electron chi connectivity index (χ0n) is 11.0. The lowest BCUT2D eigenvalue weighted by Gasteiger charge is -2.24. The van der Waals surface area contributed by atoms with Crippen LogP contribution in [-0.2, 0) is 16.1 Å². The lowest BCUT2D eigenvalue weighted by atomic mass is 10.1. The van der Waals surface area contributed by atoms with Crippen molar-refractivity contribution in [2.75, 3.05) is 26.3 Å². The number of hydrogen-bond donors (Lipinski definition) is 1. The second-order valence-corrected chi connectivity index (χ2v) is 4.66. The van der Waals surface area contributed by atoms with E-state index in [-0.39, 0.29) is 32.9 Å². The molecule has 1 atom stereocenters. The normalized spacial score (nSPS) is 22.7. The average molecular weight is 276 g/mol. The average Bonchev–Trinajstić information content (AvgIpc) is 2.68. The van der Waals surface area contributed by atoms with Crippen molar-refractivity contribution in [2.45, 2.75) is 12.2 Å². The Morgan fingerprint density at radius 3 is 2.95 bits per heavy atom. The van der Waals surface area contributed by atoms with Crippen LogP contribution >= 0.6 is 0 Å². The minimum atomic E-state index is -1.68. The van der Waals surface area contributed by atoms with Crippen LogP contribution in [0.4, 0.5) is 4.79 Å². The highest BCUT2D eigenvalue weighted by atomic mass is 16.6. The van der Waals surface area contributed by atoms with Gasteiger partial charge in [0.25, 0.3) is 0 Å². The first-order valence-corrected chi connectivity index (χ1v) is 6.30. The predicted molar refractivity (Wildman–Crippen MR) is 69.6 cm³/mol. The van der Waals surface area contributed by atoms with E-state index in [0.29, 0.717) is 0 Å². The molecule has 0 saturated carbocycles. The third kappa shape index (κ3) is 3.70. The van der Waals surface area contributed by atoms with Crippen LogP contribution in [0.15, 0.2) is 30.3 Å².